The molecule has 1 saturated carbocycles. The summed E-state index contributed by atoms with van der Waals surface area (Å²) in [4.78, 5) is 12.0. The van der Waals surface area contributed by atoms with Crippen LogP contribution in [-0.4, -0.2) is 35.6 Å². The highest BCUT2D eigenvalue weighted by atomic mass is 79.9. The van der Waals surface area contributed by atoms with Crippen LogP contribution in [0.5, 0.6) is 0 Å². The lowest BCUT2D eigenvalue weighted by molar-refractivity contribution is -0.341. The second kappa shape index (κ2) is 8.11. The van der Waals surface area contributed by atoms with Gasteiger partial charge in [-0.05, 0) is 39.7 Å². The summed E-state index contributed by atoms with van der Waals surface area (Å²) in [5.41, 5.74) is -14.3. The number of halogens is 18. The van der Waals surface area contributed by atoms with E-state index in [0.29, 0.717) is 0 Å². The van der Waals surface area contributed by atoms with Crippen LogP contribution in [0.1, 0.15) is 16.7 Å². The van der Waals surface area contributed by atoms with Gasteiger partial charge in [-0.3, -0.25) is 4.79 Å². The molecule has 0 bridgehead atoms. The van der Waals surface area contributed by atoms with E-state index in [9.17, 15) is 84.5 Å². The van der Waals surface area contributed by atoms with Crippen molar-refractivity contribution in [2.24, 2.45) is 5.41 Å². The minimum atomic E-state index is -7.70. The number of allylic oxidation sites excluding steroid dienone is 1. The van der Waals surface area contributed by atoms with Crippen molar-refractivity contribution >= 4 is 27.5 Å². The van der Waals surface area contributed by atoms with Crippen LogP contribution >= 0.6 is 15.9 Å². The number of carbonyl (C=O) groups excluding carboxylic acids is 1. The third-order valence-corrected chi connectivity index (χ3v) is 6.01. The smallest absolute Gasteiger partial charge is 0.417 e. The number of benzene rings is 1. The largest absolute Gasteiger partial charge is 0.872 e. The first-order valence-corrected chi connectivity index (χ1v) is 9.33. The Labute approximate surface area is 199 Å². The molecule has 0 atom stereocenters. The Morgan fingerprint density at radius 2 is 1.14 bits per heavy atom. The molecule has 0 amide bonds. The maximum atomic E-state index is 14.1. The van der Waals surface area contributed by atoms with Gasteiger partial charge in [0.2, 0.25) is 0 Å². The SMILES string of the molecule is O=C(/C=C(\[O-])c1cc(C(F)(F)F)cc(C(F)(F)F)c1Br)C1(C(F)(F)F)C(F)(F)C(F)(F)C(F)(F)C1(F)F. The van der Waals surface area contributed by atoms with Crippen molar-refractivity contribution < 1.29 is 84.5 Å². The second-order valence-corrected chi connectivity index (χ2v) is 8.09. The van der Waals surface area contributed by atoms with Gasteiger partial charge in [-0.15, -0.1) is 0 Å². The summed E-state index contributed by atoms with van der Waals surface area (Å²) in [6.45, 7) is 0. The van der Waals surface area contributed by atoms with E-state index in [1.54, 1.807) is 0 Å². The van der Waals surface area contributed by atoms with E-state index < -0.39 is 98.5 Å². The predicted octanol–water partition coefficient (Wildman–Crippen LogP) is 6.86. The molecule has 0 heterocycles. The fourth-order valence-corrected chi connectivity index (χ4v) is 4.00. The Bertz CT molecular complexity index is 1110. The fraction of sp³-hybridized carbons (Fsp3) is 0.471. The molecule has 1 aliphatic rings. The van der Waals surface area contributed by atoms with Crippen molar-refractivity contribution in [1.82, 2.24) is 0 Å². The molecule has 0 aliphatic heterocycles. The van der Waals surface area contributed by atoms with E-state index >= 15 is 0 Å². The zero-order chi connectivity index (χ0) is 29.6. The number of rotatable bonds is 3. The zero-order valence-electron chi connectivity index (χ0n) is 16.4. The molecule has 1 fully saturated rings. The molecule has 1 aliphatic carbocycles. The summed E-state index contributed by atoms with van der Waals surface area (Å²) in [7, 11) is 0. The lowest BCUT2D eigenvalue weighted by Gasteiger charge is -2.37. The number of hydrogen-bond acceptors (Lipinski definition) is 2. The Kier molecular flexibility index (Phi) is 6.78. The Morgan fingerprint density at radius 1 is 0.730 bits per heavy atom. The number of alkyl halides is 17. The highest BCUT2D eigenvalue weighted by Crippen LogP contribution is 2.75. The summed E-state index contributed by atoms with van der Waals surface area (Å²) in [5.74, 6) is -37.6. The van der Waals surface area contributed by atoms with Crippen molar-refractivity contribution in [3.8, 4) is 0 Å². The van der Waals surface area contributed by atoms with E-state index in [1.807, 2.05) is 15.9 Å². The molecule has 20 heteroatoms. The highest BCUT2D eigenvalue weighted by Gasteiger charge is 3.06. The second-order valence-electron chi connectivity index (χ2n) is 7.30. The minimum Gasteiger partial charge on any atom is -0.872 e. The van der Waals surface area contributed by atoms with Crippen molar-refractivity contribution in [3.05, 3.63) is 39.4 Å². The minimum absolute atomic E-state index is 0.597. The van der Waals surface area contributed by atoms with E-state index in [0.717, 1.165) is 0 Å². The van der Waals surface area contributed by atoms with Gasteiger partial charge in [0.1, 0.15) is 0 Å². The van der Waals surface area contributed by atoms with Gasteiger partial charge in [0.25, 0.3) is 5.41 Å². The Hall–Kier alpha value is -2.28. The van der Waals surface area contributed by atoms with Crippen LogP contribution in [0.3, 0.4) is 0 Å². The molecule has 2 nitrogen and oxygen atoms in total. The molecule has 0 N–H and O–H groups in total. The first kappa shape index (κ1) is 30.9. The third-order valence-electron chi connectivity index (χ3n) is 5.15. The summed E-state index contributed by atoms with van der Waals surface area (Å²) < 4.78 is 227. The van der Waals surface area contributed by atoms with Gasteiger partial charge in [0.15, 0.2) is 5.78 Å². The normalized spacial score (nSPS) is 22.7. The van der Waals surface area contributed by atoms with Crippen molar-refractivity contribution in [2.45, 2.75) is 42.2 Å². The lowest BCUT2D eigenvalue weighted by Crippen LogP contribution is -2.64. The molecule has 37 heavy (non-hydrogen) atoms. The van der Waals surface area contributed by atoms with Gasteiger partial charge in [0, 0.05) is 4.47 Å². The van der Waals surface area contributed by atoms with Crippen LogP contribution in [0.4, 0.5) is 74.6 Å². The average Bonchev–Trinajstić information content (AvgIpc) is 2.70. The number of hydrogen-bond donors (Lipinski definition) is 0. The van der Waals surface area contributed by atoms with Crippen LogP contribution < -0.4 is 5.11 Å². The Balaban J connectivity index is 2.96. The van der Waals surface area contributed by atoms with Gasteiger partial charge in [0.05, 0.1) is 11.1 Å². The zero-order valence-corrected chi connectivity index (χ0v) is 17.9. The molecule has 0 aromatic heterocycles. The van der Waals surface area contributed by atoms with Gasteiger partial charge < -0.3 is 5.11 Å². The number of ketones is 1. The molecule has 0 saturated heterocycles. The van der Waals surface area contributed by atoms with Crippen LogP contribution in [-0.2, 0) is 17.1 Å². The molecule has 1 aromatic carbocycles. The predicted molar refractivity (Wildman–Crippen MR) is 85.4 cm³/mol. The van der Waals surface area contributed by atoms with Crippen LogP contribution in [0.2, 0.25) is 0 Å². The average molecular weight is 642 g/mol. The first-order valence-electron chi connectivity index (χ1n) is 8.54. The first-order chi connectivity index (χ1) is 16.0. The van der Waals surface area contributed by atoms with Crippen LogP contribution in [0.25, 0.3) is 5.76 Å². The summed E-state index contributed by atoms with van der Waals surface area (Å²) in [6.07, 6.45) is -20.9. The standard InChI is InChI=1S/C17H4BrF17O2/c18-9-5(1-4(11(19,20)21)2-6(9)12(22,23)24)7(36)3-8(37)10(17(33,34)35)13(25,26)15(29,30)16(31,32)14(10,27)28/h1-3,36H/p-1/b7-3-. The molecule has 1 aromatic rings. The number of carbonyl (C=O) groups is 1. The third kappa shape index (κ3) is 3.86. The summed E-state index contributed by atoms with van der Waals surface area (Å²) >= 11 is 1.93. The molecular weight excluding hydrogens is 639 g/mol. The maximum Gasteiger partial charge on any atom is 0.417 e. The fourth-order valence-electron chi connectivity index (χ4n) is 3.35. The van der Waals surface area contributed by atoms with Gasteiger partial charge in [-0.25, -0.2) is 0 Å². The van der Waals surface area contributed by atoms with Crippen LogP contribution in [0, 0.1) is 5.41 Å². The lowest BCUT2D eigenvalue weighted by atomic mass is 9.74. The maximum absolute atomic E-state index is 14.1. The van der Waals surface area contributed by atoms with Crippen molar-refractivity contribution in [2.75, 3.05) is 0 Å². The van der Waals surface area contributed by atoms with Gasteiger partial charge >= 0.3 is 42.2 Å². The van der Waals surface area contributed by atoms with E-state index in [1.165, 1.54) is 0 Å². The molecule has 0 spiro atoms. The molecule has 0 radical (unpaired) electrons. The van der Waals surface area contributed by atoms with E-state index in [-0.39, 0.29) is 0 Å². The van der Waals surface area contributed by atoms with Gasteiger partial charge in [-0.2, -0.15) is 74.6 Å². The molecule has 210 valence electrons. The Morgan fingerprint density at radius 3 is 1.46 bits per heavy atom. The van der Waals surface area contributed by atoms with E-state index in [4.69, 9.17) is 0 Å². The topological polar surface area (TPSA) is 40.1 Å². The van der Waals surface area contributed by atoms with E-state index in [2.05, 4.69) is 0 Å². The summed E-state index contributed by atoms with van der Waals surface area (Å²) in [6, 6.07) is -1.26. The highest BCUT2D eigenvalue weighted by molar-refractivity contribution is 9.10. The van der Waals surface area contributed by atoms with Crippen molar-refractivity contribution in [1.29, 1.82) is 0 Å². The monoisotopic (exact) mass is 641 g/mol. The van der Waals surface area contributed by atoms with Gasteiger partial charge in [-0.1, -0.05) is 5.76 Å². The molecular formula is C17H3BrF17O2-. The molecule has 2 rings (SSSR count). The van der Waals surface area contributed by atoms with Crippen molar-refractivity contribution in [3.63, 3.8) is 0 Å². The molecule has 0 unspecified atom stereocenters. The quantitative estimate of drug-likeness (QED) is 0.206. The van der Waals surface area contributed by atoms with Crippen LogP contribution in [0.15, 0.2) is 22.7 Å². The summed E-state index contributed by atoms with van der Waals surface area (Å²) in [5, 5.41) is 12.1.